The third kappa shape index (κ3) is 5.39. The average Bonchev–Trinajstić information content (AvgIpc) is 2.44. The molecule has 1 atom stereocenters. The molecule has 1 aromatic rings. The van der Waals surface area contributed by atoms with Crippen LogP contribution in [0.4, 0.5) is 11.5 Å². The van der Waals surface area contributed by atoms with E-state index < -0.39 is 6.04 Å². The molecule has 0 aliphatic heterocycles. The van der Waals surface area contributed by atoms with Crippen molar-refractivity contribution in [1.82, 2.24) is 10.3 Å². The van der Waals surface area contributed by atoms with Crippen LogP contribution in [-0.4, -0.2) is 43.5 Å². The highest BCUT2D eigenvalue weighted by Crippen LogP contribution is 2.13. The van der Waals surface area contributed by atoms with Crippen LogP contribution in [0.15, 0.2) is 18.3 Å². The van der Waals surface area contributed by atoms with Gasteiger partial charge in [-0.1, -0.05) is 13.8 Å². The number of aromatic nitrogens is 1. The monoisotopic (exact) mass is 293 g/mol. The summed E-state index contributed by atoms with van der Waals surface area (Å²) in [5, 5.41) is 5.22. The van der Waals surface area contributed by atoms with Gasteiger partial charge in [0.1, 0.15) is 5.82 Å². The molecule has 1 heterocycles. The number of hydrogen-bond donors (Lipinski definition) is 3. The summed E-state index contributed by atoms with van der Waals surface area (Å²) in [6.45, 7) is 3.59. The quantitative estimate of drug-likeness (QED) is 0.695. The Kier molecular flexibility index (Phi) is 6.10. The molecule has 0 spiro atoms. The van der Waals surface area contributed by atoms with Gasteiger partial charge in [0.2, 0.25) is 11.8 Å². The number of anilines is 2. The molecule has 0 aliphatic rings. The molecule has 7 nitrogen and oxygen atoms in total. The first kappa shape index (κ1) is 16.9. The smallest absolute Gasteiger partial charge is 0.243 e. The first-order chi connectivity index (χ1) is 9.81. The van der Waals surface area contributed by atoms with Gasteiger partial charge in [0.25, 0.3) is 0 Å². The molecular weight excluding hydrogens is 270 g/mol. The van der Waals surface area contributed by atoms with Crippen molar-refractivity contribution in [1.29, 1.82) is 0 Å². The van der Waals surface area contributed by atoms with Crippen molar-refractivity contribution in [2.45, 2.75) is 19.9 Å². The van der Waals surface area contributed by atoms with E-state index in [1.165, 1.54) is 0 Å². The molecule has 0 aromatic carbocycles. The zero-order chi connectivity index (χ0) is 16.0. The van der Waals surface area contributed by atoms with E-state index in [9.17, 15) is 9.59 Å². The lowest BCUT2D eigenvalue weighted by Crippen LogP contribution is -2.46. The standard InChI is InChI=1S/C14H23N5O2/c1-9(2)13(15)14(21)17-8-12(20)18-10-5-6-16-11(7-10)19(3)4/h5-7,9,13H,8,15H2,1-4H3,(H,17,21)(H,16,18,20)/t13-/m0/s1. The van der Waals surface area contributed by atoms with Crippen LogP contribution >= 0.6 is 0 Å². The number of nitrogens with two attached hydrogens (primary N) is 1. The van der Waals surface area contributed by atoms with Crippen LogP contribution in [0.25, 0.3) is 0 Å². The van der Waals surface area contributed by atoms with Crippen molar-refractivity contribution >= 4 is 23.3 Å². The van der Waals surface area contributed by atoms with Crippen molar-refractivity contribution in [3.05, 3.63) is 18.3 Å². The fourth-order valence-electron chi connectivity index (χ4n) is 1.53. The van der Waals surface area contributed by atoms with Crippen molar-refractivity contribution in [2.24, 2.45) is 11.7 Å². The summed E-state index contributed by atoms with van der Waals surface area (Å²) in [6, 6.07) is 2.82. The number of amides is 2. The highest BCUT2D eigenvalue weighted by atomic mass is 16.2. The molecule has 1 aromatic heterocycles. The van der Waals surface area contributed by atoms with Crippen LogP contribution < -0.4 is 21.3 Å². The largest absolute Gasteiger partial charge is 0.363 e. The van der Waals surface area contributed by atoms with E-state index in [1.807, 2.05) is 32.8 Å². The second-order valence-electron chi connectivity index (χ2n) is 5.33. The fraction of sp³-hybridized carbons (Fsp3) is 0.500. The number of nitrogens with one attached hydrogen (secondary N) is 2. The zero-order valence-corrected chi connectivity index (χ0v) is 12.9. The van der Waals surface area contributed by atoms with E-state index in [4.69, 9.17) is 5.73 Å². The maximum absolute atomic E-state index is 11.8. The summed E-state index contributed by atoms with van der Waals surface area (Å²) in [5.41, 5.74) is 6.32. The van der Waals surface area contributed by atoms with E-state index in [0.717, 1.165) is 5.82 Å². The normalized spacial score (nSPS) is 11.9. The molecule has 0 saturated carbocycles. The molecule has 2 amide bonds. The Morgan fingerprint density at radius 1 is 1.38 bits per heavy atom. The second-order valence-corrected chi connectivity index (χ2v) is 5.33. The summed E-state index contributed by atoms with van der Waals surface area (Å²) < 4.78 is 0. The Hall–Kier alpha value is -2.15. The predicted molar refractivity (Wildman–Crippen MR) is 83.0 cm³/mol. The van der Waals surface area contributed by atoms with Gasteiger partial charge in [-0.15, -0.1) is 0 Å². The van der Waals surface area contributed by atoms with Crippen molar-refractivity contribution in [3.8, 4) is 0 Å². The van der Waals surface area contributed by atoms with Crippen LogP contribution in [-0.2, 0) is 9.59 Å². The van der Waals surface area contributed by atoms with Gasteiger partial charge < -0.3 is 21.3 Å². The van der Waals surface area contributed by atoms with Crippen LogP contribution in [0.5, 0.6) is 0 Å². The number of rotatable bonds is 6. The van der Waals surface area contributed by atoms with Gasteiger partial charge in [-0.25, -0.2) is 4.98 Å². The Balaban J connectivity index is 2.51. The maximum Gasteiger partial charge on any atom is 0.243 e. The number of hydrogen-bond acceptors (Lipinski definition) is 5. The Morgan fingerprint density at radius 2 is 2.05 bits per heavy atom. The summed E-state index contributed by atoms with van der Waals surface area (Å²) in [7, 11) is 3.73. The molecule has 0 saturated heterocycles. The lowest BCUT2D eigenvalue weighted by Gasteiger charge is -2.15. The topological polar surface area (TPSA) is 100 Å². The molecule has 21 heavy (non-hydrogen) atoms. The highest BCUT2D eigenvalue weighted by Gasteiger charge is 2.17. The SMILES string of the molecule is CC(C)[C@H](N)C(=O)NCC(=O)Nc1ccnc(N(C)C)c1. The Bertz CT molecular complexity index is 502. The highest BCUT2D eigenvalue weighted by molar-refractivity contribution is 5.95. The number of carbonyl (C=O) groups is 2. The van der Waals surface area contributed by atoms with Gasteiger partial charge in [-0.3, -0.25) is 9.59 Å². The predicted octanol–water partition coefficient (Wildman–Crippen LogP) is 0.186. The van der Waals surface area contributed by atoms with Crippen molar-refractivity contribution in [2.75, 3.05) is 30.9 Å². The summed E-state index contributed by atoms with van der Waals surface area (Å²) in [4.78, 5) is 29.4. The lowest BCUT2D eigenvalue weighted by molar-refractivity contribution is -0.125. The fourth-order valence-corrected chi connectivity index (χ4v) is 1.53. The van der Waals surface area contributed by atoms with Crippen LogP contribution in [0.1, 0.15) is 13.8 Å². The molecule has 116 valence electrons. The molecule has 0 radical (unpaired) electrons. The Labute approximate surface area is 124 Å². The molecule has 0 aliphatic carbocycles. The third-order valence-electron chi connectivity index (χ3n) is 2.93. The van der Waals surface area contributed by atoms with Crippen LogP contribution in [0.3, 0.4) is 0 Å². The van der Waals surface area contributed by atoms with E-state index in [1.54, 1.807) is 18.3 Å². The Morgan fingerprint density at radius 3 is 2.62 bits per heavy atom. The molecule has 0 fully saturated rings. The van der Waals surface area contributed by atoms with Crippen molar-refractivity contribution in [3.63, 3.8) is 0 Å². The summed E-state index contributed by atoms with van der Waals surface area (Å²) in [6.07, 6.45) is 1.61. The molecule has 7 heteroatoms. The zero-order valence-electron chi connectivity index (χ0n) is 12.9. The maximum atomic E-state index is 11.8. The van der Waals surface area contributed by atoms with Gasteiger partial charge in [0, 0.05) is 32.0 Å². The van der Waals surface area contributed by atoms with Gasteiger partial charge in [0.15, 0.2) is 0 Å². The minimum Gasteiger partial charge on any atom is -0.363 e. The number of carbonyl (C=O) groups excluding carboxylic acids is 2. The van der Waals surface area contributed by atoms with Crippen LogP contribution in [0, 0.1) is 5.92 Å². The van der Waals surface area contributed by atoms with Gasteiger partial charge in [-0.05, 0) is 12.0 Å². The summed E-state index contributed by atoms with van der Waals surface area (Å²) in [5.74, 6) is 0.119. The summed E-state index contributed by atoms with van der Waals surface area (Å²) >= 11 is 0. The first-order valence-corrected chi connectivity index (χ1v) is 6.77. The molecule has 0 unspecified atom stereocenters. The van der Waals surface area contributed by atoms with Gasteiger partial charge in [-0.2, -0.15) is 0 Å². The van der Waals surface area contributed by atoms with Crippen molar-refractivity contribution < 1.29 is 9.59 Å². The second kappa shape index (κ2) is 7.58. The average molecular weight is 293 g/mol. The van der Waals surface area contributed by atoms with E-state index in [0.29, 0.717) is 5.69 Å². The molecular formula is C14H23N5O2. The molecule has 4 N–H and O–H groups in total. The molecule has 1 rings (SSSR count). The van der Waals surface area contributed by atoms with Crippen LogP contribution in [0.2, 0.25) is 0 Å². The van der Waals surface area contributed by atoms with E-state index in [2.05, 4.69) is 15.6 Å². The van der Waals surface area contributed by atoms with Gasteiger partial charge in [0.05, 0.1) is 12.6 Å². The number of pyridine rings is 1. The molecule has 0 bridgehead atoms. The van der Waals surface area contributed by atoms with E-state index in [-0.39, 0.29) is 24.3 Å². The number of nitrogens with zero attached hydrogens (tertiary/aromatic N) is 2. The van der Waals surface area contributed by atoms with E-state index >= 15 is 0 Å². The lowest BCUT2D eigenvalue weighted by atomic mass is 10.1. The first-order valence-electron chi connectivity index (χ1n) is 6.77. The minimum absolute atomic E-state index is 0.0240. The van der Waals surface area contributed by atoms with Gasteiger partial charge >= 0.3 is 0 Å². The third-order valence-corrected chi connectivity index (χ3v) is 2.93. The minimum atomic E-state index is -0.612.